The first-order valence-electron chi connectivity index (χ1n) is 6.88. The van der Waals surface area contributed by atoms with Crippen molar-refractivity contribution in [3.63, 3.8) is 0 Å². The van der Waals surface area contributed by atoms with Crippen molar-refractivity contribution >= 4 is 38.5 Å². The normalized spacial score (nSPS) is 11.1. The van der Waals surface area contributed by atoms with Crippen molar-refractivity contribution in [2.24, 2.45) is 0 Å². The summed E-state index contributed by atoms with van der Waals surface area (Å²) >= 11 is 5.06. The van der Waals surface area contributed by atoms with Gasteiger partial charge < -0.3 is 16.0 Å². The number of nitro groups is 1. The third-order valence-corrected chi connectivity index (χ3v) is 4.11. The van der Waals surface area contributed by atoms with Crippen molar-refractivity contribution in [2.75, 3.05) is 24.7 Å². The smallest absolute Gasteiger partial charge is 0.293 e. The third-order valence-electron chi connectivity index (χ3n) is 2.74. The zero-order chi connectivity index (χ0) is 17.6. The van der Waals surface area contributed by atoms with Gasteiger partial charge in [0.2, 0.25) is 0 Å². The maximum absolute atomic E-state index is 11.5. The van der Waals surface area contributed by atoms with Gasteiger partial charge in [-0.05, 0) is 38.2 Å². The summed E-state index contributed by atoms with van der Waals surface area (Å²) in [6.07, 6.45) is 1.01. The van der Waals surface area contributed by atoms with Crippen LogP contribution in [-0.4, -0.2) is 43.8 Å². The van der Waals surface area contributed by atoms with E-state index in [4.69, 9.17) is 12.2 Å². The van der Waals surface area contributed by atoms with Crippen LogP contribution in [0.5, 0.6) is 0 Å². The van der Waals surface area contributed by atoms with Crippen LogP contribution < -0.4 is 16.0 Å². The highest BCUT2D eigenvalue weighted by Crippen LogP contribution is 2.27. The van der Waals surface area contributed by atoms with Gasteiger partial charge >= 0.3 is 0 Å². The third kappa shape index (κ3) is 6.37. The maximum atomic E-state index is 11.5. The van der Waals surface area contributed by atoms with E-state index in [0.717, 1.165) is 12.3 Å². The van der Waals surface area contributed by atoms with Gasteiger partial charge in [0, 0.05) is 31.5 Å². The number of rotatable bonds is 7. The number of nitrogens with one attached hydrogen (secondary N) is 3. The van der Waals surface area contributed by atoms with Crippen LogP contribution in [0.4, 0.5) is 11.4 Å². The number of benzene rings is 1. The lowest BCUT2D eigenvalue weighted by molar-refractivity contribution is -0.384. The fraction of sp³-hybridized carbons (Fsp3) is 0.462. The lowest BCUT2D eigenvalue weighted by Crippen LogP contribution is -2.41. The summed E-state index contributed by atoms with van der Waals surface area (Å²) in [5.74, 6) is 0. The number of hydrogen-bond acceptors (Lipinski definition) is 6. The number of hydrogen-bond donors (Lipinski definition) is 3. The quantitative estimate of drug-likeness (QED) is 0.288. The molecule has 23 heavy (non-hydrogen) atoms. The Labute approximate surface area is 140 Å². The van der Waals surface area contributed by atoms with E-state index < -0.39 is 14.8 Å². The molecule has 0 fully saturated rings. The second kappa shape index (κ2) is 8.06. The molecule has 0 bridgehead atoms. The summed E-state index contributed by atoms with van der Waals surface area (Å²) < 4.78 is 22.9. The highest BCUT2D eigenvalue weighted by atomic mass is 32.2. The van der Waals surface area contributed by atoms with E-state index >= 15 is 0 Å². The summed E-state index contributed by atoms with van der Waals surface area (Å²) in [6, 6.07) is 3.99. The van der Waals surface area contributed by atoms with Crippen LogP contribution in [0.3, 0.4) is 0 Å². The van der Waals surface area contributed by atoms with Crippen molar-refractivity contribution in [3.8, 4) is 0 Å². The molecule has 1 rings (SSSR count). The van der Waals surface area contributed by atoms with Crippen molar-refractivity contribution < 1.29 is 13.3 Å². The first kappa shape index (κ1) is 19.1. The highest BCUT2D eigenvalue weighted by molar-refractivity contribution is 7.90. The molecule has 0 spiro atoms. The molecule has 128 valence electrons. The van der Waals surface area contributed by atoms with E-state index in [1.807, 2.05) is 13.8 Å². The number of anilines is 1. The minimum Gasteiger partial charge on any atom is -0.378 e. The van der Waals surface area contributed by atoms with Crippen LogP contribution in [0.1, 0.15) is 13.8 Å². The molecule has 0 atom stereocenters. The summed E-state index contributed by atoms with van der Waals surface area (Å²) in [6.45, 7) is 4.76. The fourth-order valence-electron chi connectivity index (χ4n) is 1.73. The molecule has 0 unspecified atom stereocenters. The Kier molecular flexibility index (Phi) is 6.70. The Morgan fingerprint density at radius 1 is 1.35 bits per heavy atom. The molecule has 0 saturated heterocycles. The molecule has 0 heterocycles. The lowest BCUT2D eigenvalue weighted by atomic mass is 10.2. The summed E-state index contributed by atoms with van der Waals surface area (Å²) in [4.78, 5) is 10.4. The molecule has 0 aliphatic heterocycles. The molecule has 0 aromatic heterocycles. The maximum Gasteiger partial charge on any atom is 0.293 e. The first-order chi connectivity index (χ1) is 10.6. The Bertz CT molecular complexity index is 689. The number of sulfone groups is 1. The van der Waals surface area contributed by atoms with Crippen LogP contribution in [0.25, 0.3) is 0 Å². The fourth-order valence-corrected chi connectivity index (χ4v) is 2.71. The van der Waals surface area contributed by atoms with Crippen molar-refractivity contribution in [3.05, 3.63) is 28.3 Å². The van der Waals surface area contributed by atoms with Crippen molar-refractivity contribution in [1.29, 1.82) is 0 Å². The molecule has 1 aromatic rings. The van der Waals surface area contributed by atoms with Gasteiger partial charge in [-0.1, -0.05) is 0 Å². The molecular formula is C13H20N4O4S2. The van der Waals surface area contributed by atoms with Gasteiger partial charge in [-0.25, -0.2) is 8.42 Å². The summed E-state index contributed by atoms with van der Waals surface area (Å²) in [5.41, 5.74) is -0.0252. The molecule has 8 nitrogen and oxygen atoms in total. The summed E-state index contributed by atoms with van der Waals surface area (Å²) in [5, 5.41) is 20.5. The van der Waals surface area contributed by atoms with Gasteiger partial charge in [0.15, 0.2) is 14.9 Å². The number of nitrogens with zero attached hydrogens (tertiary/aromatic N) is 1. The van der Waals surface area contributed by atoms with Gasteiger partial charge in [0.25, 0.3) is 5.69 Å². The standard InChI is InChI=1S/C13H20N4O4S2/c1-9(2)16-13(22)15-7-6-14-11-5-4-10(23(3,20)21)8-12(11)17(18)19/h4-5,8-9,14H,6-7H2,1-3H3,(H2,15,16,22). The van der Waals surface area contributed by atoms with E-state index in [9.17, 15) is 18.5 Å². The zero-order valence-corrected chi connectivity index (χ0v) is 14.8. The van der Waals surface area contributed by atoms with E-state index in [2.05, 4.69) is 16.0 Å². The molecule has 10 heteroatoms. The molecule has 3 N–H and O–H groups in total. The molecule has 0 aliphatic carbocycles. The molecular weight excluding hydrogens is 340 g/mol. The average molecular weight is 360 g/mol. The second-order valence-electron chi connectivity index (χ2n) is 5.19. The predicted octanol–water partition coefficient (Wildman–Crippen LogP) is 1.28. The zero-order valence-electron chi connectivity index (χ0n) is 13.1. The minimum atomic E-state index is -3.49. The largest absolute Gasteiger partial charge is 0.378 e. The molecule has 1 aromatic carbocycles. The first-order valence-corrected chi connectivity index (χ1v) is 9.18. The minimum absolute atomic E-state index is 0.0878. The van der Waals surface area contributed by atoms with Crippen LogP contribution >= 0.6 is 12.2 Å². The van der Waals surface area contributed by atoms with Gasteiger partial charge in [-0.3, -0.25) is 10.1 Å². The monoisotopic (exact) mass is 360 g/mol. The van der Waals surface area contributed by atoms with Crippen LogP contribution in [0.2, 0.25) is 0 Å². The Morgan fingerprint density at radius 2 is 2.00 bits per heavy atom. The number of thiocarbonyl (C=S) groups is 1. The Morgan fingerprint density at radius 3 is 2.52 bits per heavy atom. The van der Waals surface area contributed by atoms with Gasteiger partial charge in [-0.15, -0.1) is 0 Å². The van der Waals surface area contributed by atoms with Crippen molar-refractivity contribution in [2.45, 2.75) is 24.8 Å². The van der Waals surface area contributed by atoms with Gasteiger partial charge in [0.05, 0.1) is 9.82 Å². The molecule has 0 saturated carbocycles. The van der Waals surface area contributed by atoms with E-state index in [0.29, 0.717) is 18.2 Å². The molecule has 0 aliphatic rings. The lowest BCUT2D eigenvalue weighted by Gasteiger charge is -2.13. The van der Waals surface area contributed by atoms with Gasteiger partial charge in [-0.2, -0.15) is 0 Å². The van der Waals surface area contributed by atoms with E-state index in [-0.39, 0.29) is 22.3 Å². The van der Waals surface area contributed by atoms with Crippen LogP contribution in [0.15, 0.2) is 23.1 Å². The Balaban J connectivity index is 2.70. The van der Waals surface area contributed by atoms with Crippen LogP contribution in [0, 0.1) is 10.1 Å². The number of nitro benzene ring substituents is 1. The van der Waals surface area contributed by atoms with E-state index in [1.54, 1.807) is 0 Å². The van der Waals surface area contributed by atoms with Crippen molar-refractivity contribution in [1.82, 2.24) is 10.6 Å². The SMILES string of the molecule is CC(C)NC(=S)NCCNc1ccc(S(C)(=O)=O)cc1[N+](=O)[O-]. The topological polar surface area (TPSA) is 113 Å². The summed E-state index contributed by atoms with van der Waals surface area (Å²) in [7, 11) is -3.49. The Hall–Kier alpha value is -1.94. The highest BCUT2D eigenvalue weighted by Gasteiger charge is 2.18. The van der Waals surface area contributed by atoms with E-state index in [1.165, 1.54) is 12.1 Å². The molecule has 0 radical (unpaired) electrons. The second-order valence-corrected chi connectivity index (χ2v) is 7.61. The molecule has 0 amide bonds. The van der Waals surface area contributed by atoms with Gasteiger partial charge in [0.1, 0.15) is 5.69 Å². The van der Waals surface area contributed by atoms with Crippen LogP contribution in [-0.2, 0) is 9.84 Å². The predicted molar refractivity (Wildman–Crippen MR) is 93.6 cm³/mol. The average Bonchev–Trinajstić information content (AvgIpc) is 2.41.